The van der Waals surface area contributed by atoms with Crippen molar-refractivity contribution in [2.24, 2.45) is 0 Å². The van der Waals surface area contributed by atoms with E-state index >= 15 is 0 Å². The molecule has 1 unspecified atom stereocenters. The summed E-state index contributed by atoms with van der Waals surface area (Å²) in [4.78, 5) is 26.7. The van der Waals surface area contributed by atoms with Crippen LogP contribution in [0.3, 0.4) is 0 Å². The normalized spacial score (nSPS) is 15.7. The highest BCUT2D eigenvalue weighted by atomic mass is 19.1. The van der Waals surface area contributed by atoms with Crippen LogP contribution >= 0.6 is 0 Å². The fourth-order valence-corrected chi connectivity index (χ4v) is 3.71. The molecule has 31 heavy (non-hydrogen) atoms. The molecule has 1 aliphatic rings. The van der Waals surface area contributed by atoms with Crippen LogP contribution in [-0.2, 0) is 4.79 Å². The molecule has 1 aliphatic heterocycles. The Morgan fingerprint density at radius 2 is 1.81 bits per heavy atom. The van der Waals surface area contributed by atoms with E-state index in [0.29, 0.717) is 12.2 Å². The zero-order valence-electron chi connectivity index (χ0n) is 17.9. The van der Waals surface area contributed by atoms with Gasteiger partial charge in [-0.05, 0) is 50.1 Å². The molecule has 0 aliphatic carbocycles. The standard InChI is InChI=1S/C23H29FN4O3/c1-16(20-5-3-4-6-21(20)31-2)25-22(29)15-28-13-11-19(12-14-28)27-23(30)26-18-9-7-17(24)8-10-18/h3-10,16,19H,11-15H2,1-2H3,(H,25,29)(H2,26,27,30). The highest BCUT2D eigenvalue weighted by molar-refractivity contribution is 5.89. The van der Waals surface area contributed by atoms with E-state index in [4.69, 9.17) is 4.74 Å². The molecular weight excluding hydrogens is 399 g/mol. The molecule has 2 aromatic carbocycles. The molecule has 0 saturated carbocycles. The molecule has 1 heterocycles. The van der Waals surface area contributed by atoms with E-state index in [2.05, 4.69) is 20.9 Å². The predicted molar refractivity (Wildman–Crippen MR) is 118 cm³/mol. The van der Waals surface area contributed by atoms with Gasteiger partial charge >= 0.3 is 6.03 Å². The Morgan fingerprint density at radius 3 is 2.48 bits per heavy atom. The number of benzene rings is 2. The molecule has 0 aromatic heterocycles. The third-order valence-electron chi connectivity index (χ3n) is 5.38. The summed E-state index contributed by atoms with van der Waals surface area (Å²) in [5.74, 6) is 0.361. The fourth-order valence-electron chi connectivity index (χ4n) is 3.71. The molecule has 0 bridgehead atoms. The number of amides is 3. The van der Waals surface area contributed by atoms with Gasteiger partial charge in [0.05, 0.1) is 19.7 Å². The third-order valence-corrected chi connectivity index (χ3v) is 5.38. The summed E-state index contributed by atoms with van der Waals surface area (Å²) in [6.07, 6.45) is 1.51. The fraction of sp³-hybridized carbons (Fsp3) is 0.391. The van der Waals surface area contributed by atoms with Crippen molar-refractivity contribution in [2.45, 2.75) is 31.8 Å². The monoisotopic (exact) mass is 428 g/mol. The van der Waals surface area contributed by atoms with Crippen molar-refractivity contribution in [2.75, 3.05) is 32.1 Å². The lowest BCUT2D eigenvalue weighted by Gasteiger charge is -2.32. The number of hydrogen-bond donors (Lipinski definition) is 3. The van der Waals surface area contributed by atoms with E-state index in [1.165, 1.54) is 24.3 Å². The summed E-state index contributed by atoms with van der Waals surface area (Å²) in [6, 6.07) is 12.8. The van der Waals surface area contributed by atoms with Crippen LogP contribution < -0.4 is 20.7 Å². The van der Waals surface area contributed by atoms with Gasteiger partial charge in [-0.1, -0.05) is 18.2 Å². The van der Waals surface area contributed by atoms with Crippen LogP contribution in [0.4, 0.5) is 14.9 Å². The Bertz CT molecular complexity index is 883. The van der Waals surface area contributed by atoms with Crippen LogP contribution in [0.5, 0.6) is 5.75 Å². The number of anilines is 1. The minimum Gasteiger partial charge on any atom is -0.496 e. The molecule has 7 nitrogen and oxygen atoms in total. The van der Waals surface area contributed by atoms with E-state index in [9.17, 15) is 14.0 Å². The van der Waals surface area contributed by atoms with Gasteiger partial charge in [0.1, 0.15) is 11.6 Å². The van der Waals surface area contributed by atoms with Gasteiger partial charge in [0.2, 0.25) is 5.91 Å². The van der Waals surface area contributed by atoms with Crippen molar-refractivity contribution in [3.05, 3.63) is 59.9 Å². The van der Waals surface area contributed by atoms with Gasteiger partial charge in [-0.2, -0.15) is 0 Å². The van der Waals surface area contributed by atoms with Gasteiger partial charge in [0.25, 0.3) is 0 Å². The number of halogens is 1. The highest BCUT2D eigenvalue weighted by Crippen LogP contribution is 2.24. The maximum Gasteiger partial charge on any atom is 0.319 e. The van der Waals surface area contributed by atoms with Gasteiger partial charge in [0, 0.05) is 30.4 Å². The predicted octanol–water partition coefficient (Wildman–Crippen LogP) is 3.30. The zero-order valence-corrected chi connectivity index (χ0v) is 17.9. The Hall–Kier alpha value is -3.13. The molecule has 0 spiro atoms. The maximum atomic E-state index is 12.9. The molecule has 166 valence electrons. The summed E-state index contributed by atoms with van der Waals surface area (Å²) in [7, 11) is 1.62. The van der Waals surface area contributed by atoms with E-state index in [1.54, 1.807) is 7.11 Å². The third kappa shape index (κ3) is 6.68. The second-order valence-electron chi connectivity index (χ2n) is 7.69. The highest BCUT2D eigenvalue weighted by Gasteiger charge is 2.23. The van der Waals surface area contributed by atoms with E-state index < -0.39 is 0 Å². The lowest BCUT2D eigenvalue weighted by Crippen LogP contribution is -2.48. The van der Waals surface area contributed by atoms with E-state index in [-0.39, 0.29) is 29.8 Å². The van der Waals surface area contributed by atoms with Gasteiger partial charge in [0.15, 0.2) is 0 Å². The first-order valence-electron chi connectivity index (χ1n) is 10.4. The number of rotatable bonds is 7. The summed E-state index contributed by atoms with van der Waals surface area (Å²) >= 11 is 0. The molecule has 1 fully saturated rings. The number of methoxy groups -OCH3 is 1. The van der Waals surface area contributed by atoms with Crippen LogP contribution in [0.1, 0.15) is 31.4 Å². The number of piperidine rings is 1. The summed E-state index contributed by atoms with van der Waals surface area (Å²) < 4.78 is 18.3. The number of urea groups is 1. The number of likely N-dealkylation sites (tertiary alicyclic amines) is 1. The van der Waals surface area contributed by atoms with Crippen molar-refractivity contribution in [1.29, 1.82) is 0 Å². The number of hydrogen-bond acceptors (Lipinski definition) is 4. The first-order chi connectivity index (χ1) is 14.9. The molecule has 2 aromatic rings. The molecule has 3 amide bonds. The van der Waals surface area contributed by atoms with E-state index in [0.717, 1.165) is 37.2 Å². The number of para-hydroxylation sites is 1. The Morgan fingerprint density at radius 1 is 1.13 bits per heavy atom. The number of nitrogens with one attached hydrogen (secondary N) is 3. The quantitative estimate of drug-likeness (QED) is 0.632. The SMILES string of the molecule is COc1ccccc1C(C)NC(=O)CN1CCC(NC(=O)Nc2ccc(F)cc2)CC1. The van der Waals surface area contributed by atoms with E-state index in [1.807, 2.05) is 31.2 Å². The molecule has 1 saturated heterocycles. The molecule has 1 atom stereocenters. The number of carbonyl (C=O) groups is 2. The van der Waals surface area contributed by atoms with Crippen molar-refractivity contribution in [3.63, 3.8) is 0 Å². The maximum absolute atomic E-state index is 12.9. The van der Waals surface area contributed by atoms with Crippen molar-refractivity contribution < 1.29 is 18.7 Å². The average molecular weight is 429 g/mol. The van der Waals surface area contributed by atoms with Gasteiger partial charge < -0.3 is 20.7 Å². The molecule has 8 heteroatoms. The Kier molecular flexibility index (Phi) is 7.83. The minimum atomic E-state index is -0.348. The topological polar surface area (TPSA) is 82.7 Å². The Labute approximate surface area is 182 Å². The number of nitrogens with zero attached hydrogens (tertiary/aromatic N) is 1. The zero-order chi connectivity index (χ0) is 22.2. The summed E-state index contributed by atoms with van der Waals surface area (Å²) in [5.41, 5.74) is 1.48. The molecule has 3 rings (SSSR count). The van der Waals surface area contributed by atoms with Crippen molar-refractivity contribution in [1.82, 2.24) is 15.5 Å². The van der Waals surface area contributed by atoms with Crippen molar-refractivity contribution >= 4 is 17.6 Å². The number of ether oxygens (including phenoxy) is 1. The van der Waals surface area contributed by atoms with Crippen LogP contribution in [-0.4, -0.2) is 49.6 Å². The summed E-state index contributed by atoms with van der Waals surface area (Å²) in [5, 5.41) is 8.66. The Balaban J connectivity index is 1.39. The minimum absolute atomic E-state index is 0.0345. The van der Waals surface area contributed by atoms with Crippen LogP contribution in [0.25, 0.3) is 0 Å². The average Bonchev–Trinajstić information content (AvgIpc) is 2.76. The smallest absolute Gasteiger partial charge is 0.319 e. The van der Waals surface area contributed by atoms with Crippen LogP contribution in [0, 0.1) is 5.82 Å². The lowest BCUT2D eigenvalue weighted by molar-refractivity contribution is -0.123. The second kappa shape index (κ2) is 10.8. The van der Waals surface area contributed by atoms with Crippen LogP contribution in [0.2, 0.25) is 0 Å². The van der Waals surface area contributed by atoms with Gasteiger partial charge in [-0.3, -0.25) is 9.69 Å². The lowest BCUT2D eigenvalue weighted by atomic mass is 10.0. The first-order valence-corrected chi connectivity index (χ1v) is 10.4. The largest absolute Gasteiger partial charge is 0.496 e. The summed E-state index contributed by atoms with van der Waals surface area (Å²) in [6.45, 7) is 3.69. The van der Waals surface area contributed by atoms with Gasteiger partial charge in [-0.25, -0.2) is 9.18 Å². The van der Waals surface area contributed by atoms with Crippen LogP contribution in [0.15, 0.2) is 48.5 Å². The molecule has 3 N–H and O–H groups in total. The second-order valence-corrected chi connectivity index (χ2v) is 7.69. The van der Waals surface area contributed by atoms with Gasteiger partial charge in [-0.15, -0.1) is 0 Å². The number of carbonyl (C=O) groups excluding carboxylic acids is 2. The van der Waals surface area contributed by atoms with Crippen molar-refractivity contribution in [3.8, 4) is 5.75 Å². The molecular formula is C23H29FN4O3. The molecule has 0 radical (unpaired) electrons. The first kappa shape index (κ1) is 22.6.